The molecule has 1 saturated heterocycles. The van der Waals surface area contributed by atoms with Crippen LogP contribution in [0.1, 0.15) is 36.5 Å². The van der Waals surface area contributed by atoms with Crippen LogP contribution in [0.15, 0.2) is 24.3 Å². The standard InChI is InChI=1S/C17H25ClN2O/c1-3-20-10-5-8-16(20)13-19(2)11-9-17(21)14-6-4-7-15(18)12-14/h4,6-7,12,16H,3,5,8-11,13H2,1-2H3. The fraction of sp³-hybridized carbons (Fsp3) is 0.588. The molecule has 1 aromatic rings. The highest BCUT2D eigenvalue weighted by Gasteiger charge is 2.24. The number of Topliss-reactive ketones (excluding diaryl/α,β-unsaturated/α-hetero) is 1. The van der Waals surface area contributed by atoms with E-state index in [9.17, 15) is 4.79 Å². The van der Waals surface area contributed by atoms with Gasteiger partial charge < -0.3 is 4.90 Å². The second kappa shape index (κ2) is 7.92. The third kappa shape index (κ3) is 4.80. The number of ketones is 1. The molecule has 1 aliphatic heterocycles. The molecule has 0 N–H and O–H groups in total. The van der Waals surface area contributed by atoms with Crippen molar-refractivity contribution in [2.45, 2.75) is 32.2 Å². The largest absolute Gasteiger partial charge is 0.304 e. The minimum Gasteiger partial charge on any atom is -0.304 e. The Morgan fingerprint density at radius 3 is 3.00 bits per heavy atom. The highest BCUT2D eigenvalue weighted by molar-refractivity contribution is 6.31. The van der Waals surface area contributed by atoms with Crippen LogP contribution in [0.25, 0.3) is 0 Å². The van der Waals surface area contributed by atoms with Crippen molar-refractivity contribution < 1.29 is 4.79 Å². The molecular weight excluding hydrogens is 284 g/mol. The first-order valence-corrected chi connectivity index (χ1v) is 8.19. The topological polar surface area (TPSA) is 23.6 Å². The van der Waals surface area contributed by atoms with Crippen molar-refractivity contribution in [2.75, 3.05) is 33.2 Å². The molecule has 2 rings (SSSR count). The Bertz CT molecular complexity index is 478. The molecule has 3 nitrogen and oxygen atoms in total. The molecule has 0 saturated carbocycles. The number of carbonyl (C=O) groups is 1. The molecule has 0 radical (unpaired) electrons. The Morgan fingerprint density at radius 2 is 2.29 bits per heavy atom. The second-order valence-corrected chi connectivity index (χ2v) is 6.31. The number of carbonyl (C=O) groups excluding carboxylic acids is 1. The van der Waals surface area contributed by atoms with E-state index in [-0.39, 0.29) is 5.78 Å². The summed E-state index contributed by atoms with van der Waals surface area (Å²) in [5.74, 6) is 0.170. The van der Waals surface area contributed by atoms with Crippen LogP contribution in [0.5, 0.6) is 0 Å². The van der Waals surface area contributed by atoms with Crippen LogP contribution < -0.4 is 0 Å². The molecule has 0 spiro atoms. The van der Waals surface area contributed by atoms with E-state index in [1.165, 1.54) is 19.4 Å². The number of nitrogens with zero attached hydrogens (tertiary/aromatic N) is 2. The lowest BCUT2D eigenvalue weighted by atomic mass is 10.1. The minimum absolute atomic E-state index is 0.170. The van der Waals surface area contributed by atoms with Crippen LogP contribution in [0, 0.1) is 0 Å². The van der Waals surface area contributed by atoms with Gasteiger partial charge in [0.25, 0.3) is 0 Å². The first-order chi connectivity index (χ1) is 10.1. The quantitative estimate of drug-likeness (QED) is 0.722. The molecule has 0 bridgehead atoms. The second-order valence-electron chi connectivity index (χ2n) is 5.87. The molecule has 1 fully saturated rings. The van der Waals surface area contributed by atoms with E-state index in [0.29, 0.717) is 23.0 Å². The fourth-order valence-corrected chi connectivity index (χ4v) is 3.26. The normalized spacial score (nSPS) is 19.3. The van der Waals surface area contributed by atoms with Gasteiger partial charge in [0.1, 0.15) is 0 Å². The summed E-state index contributed by atoms with van der Waals surface area (Å²) in [6.07, 6.45) is 3.13. The number of hydrogen-bond donors (Lipinski definition) is 0. The summed E-state index contributed by atoms with van der Waals surface area (Å²) < 4.78 is 0. The summed E-state index contributed by atoms with van der Waals surface area (Å²) in [5, 5.41) is 0.624. The zero-order valence-electron chi connectivity index (χ0n) is 13.0. The summed E-state index contributed by atoms with van der Waals surface area (Å²) in [7, 11) is 2.11. The average molecular weight is 309 g/mol. The first kappa shape index (κ1) is 16.5. The molecule has 1 heterocycles. The van der Waals surface area contributed by atoms with Crippen LogP contribution >= 0.6 is 11.6 Å². The van der Waals surface area contributed by atoms with Gasteiger partial charge in [0.2, 0.25) is 0 Å². The molecule has 4 heteroatoms. The van der Waals surface area contributed by atoms with Gasteiger partial charge in [0.15, 0.2) is 5.78 Å². The van der Waals surface area contributed by atoms with Gasteiger partial charge in [-0.25, -0.2) is 0 Å². The highest BCUT2D eigenvalue weighted by Crippen LogP contribution is 2.17. The van der Waals surface area contributed by atoms with Crippen LogP contribution in [0.2, 0.25) is 5.02 Å². The SMILES string of the molecule is CCN1CCCC1CN(C)CCC(=O)c1cccc(Cl)c1. The van der Waals surface area contributed by atoms with Gasteiger partial charge in [-0.1, -0.05) is 30.7 Å². The summed E-state index contributed by atoms with van der Waals surface area (Å²) in [6.45, 7) is 6.42. The molecule has 0 aliphatic carbocycles. The fourth-order valence-electron chi connectivity index (χ4n) is 3.07. The summed E-state index contributed by atoms with van der Waals surface area (Å²) >= 11 is 5.93. The van der Waals surface area contributed by atoms with E-state index in [1.54, 1.807) is 12.1 Å². The minimum atomic E-state index is 0.170. The van der Waals surface area contributed by atoms with Crippen molar-refractivity contribution in [3.63, 3.8) is 0 Å². The molecular formula is C17H25ClN2O. The molecule has 0 aromatic heterocycles. The predicted octanol–water partition coefficient (Wildman–Crippen LogP) is 3.33. The van der Waals surface area contributed by atoms with Crippen molar-refractivity contribution >= 4 is 17.4 Å². The average Bonchev–Trinajstić information content (AvgIpc) is 2.92. The van der Waals surface area contributed by atoms with Crippen molar-refractivity contribution in [3.8, 4) is 0 Å². The molecule has 1 aliphatic rings. The van der Waals surface area contributed by atoms with Gasteiger partial charge in [-0.3, -0.25) is 9.69 Å². The lowest BCUT2D eigenvalue weighted by molar-refractivity contribution is 0.0963. The zero-order chi connectivity index (χ0) is 15.2. The van der Waals surface area contributed by atoms with E-state index >= 15 is 0 Å². The third-order valence-corrected chi connectivity index (χ3v) is 4.53. The van der Waals surface area contributed by atoms with Crippen LogP contribution in [-0.2, 0) is 0 Å². The van der Waals surface area contributed by atoms with Gasteiger partial charge in [0, 0.05) is 36.1 Å². The van der Waals surface area contributed by atoms with Crippen LogP contribution in [0.4, 0.5) is 0 Å². The molecule has 0 amide bonds. The van der Waals surface area contributed by atoms with E-state index in [2.05, 4.69) is 23.8 Å². The number of rotatable bonds is 7. The number of hydrogen-bond acceptors (Lipinski definition) is 3. The number of halogens is 1. The molecule has 1 aromatic carbocycles. The van der Waals surface area contributed by atoms with Gasteiger partial charge in [0.05, 0.1) is 0 Å². The van der Waals surface area contributed by atoms with Gasteiger partial charge >= 0.3 is 0 Å². The predicted molar refractivity (Wildman–Crippen MR) is 88.2 cm³/mol. The smallest absolute Gasteiger partial charge is 0.164 e. The van der Waals surface area contributed by atoms with Crippen molar-refractivity contribution in [3.05, 3.63) is 34.9 Å². The lowest BCUT2D eigenvalue weighted by Gasteiger charge is -2.27. The maximum absolute atomic E-state index is 12.2. The Labute approximate surface area is 132 Å². The molecule has 21 heavy (non-hydrogen) atoms. The van der Waals surface area contributed by atoms with Gasteiger partial charge in [-0.2, -0.15) is 0 Å². The summed E-state index contributed by atoms with van der Waals surface area (Å²) in [4.78, 5) is 17.0. The van der Waals surface area contributed by atoms with Crippen molar-refractivity contribution in [1.29, 1.82) is 0 Å². The number of likely N-dealkylation sites (tertiary alicyclic amines) is 1. The Balaban J connectivity index is 1.78. The summed E-state index contributed by atoms with van der Waals surface area (Å²) in [5.41, 5.74) is 0.715. The van der Waals surface area contributed by atoms with Gasteiger partial charge in [-0.05, 0) is 45.1 Å². The first-order valence-electron chi connectivity index (χ1n) is 7.81. The molecule has 116 valence electrons. The summed E-state index contributed by atoms with van der Waals surface area (Å²) in [6, 6.07) is 7.87. The zero-order valence-corrected chi connectivity index (χ0v) is 13.8. The van der Waals surface area contributed by atoms with E-state index in [0.717, 1.165) is 19.6 Å². The van der Waals surface area contributed by atoms with E-state index in [1.807, 2.05) is 12.1 Å². The maximum atomic E-state index is 12.2. The molecule has 1 atom stereocenters. The van der Waals surface area contributed by atoms with Gasteiger partial charge in [-0.15, -0.1) is 0 Å². The van der Waals surface area contributed by atoms with E-state index < -0.39 is 0 Å². The number of likely N-dealkylation sites (N-methyl/N-ethyl adjacent to an activating group) is 2. The molecule has 1 unspecified atom stereocenters. The van der Waals surface area contributed by atoms with Crippen molar-refractivity contribution in [2.24, 2.45) is 0 Å². The Morgan fingerprint density at radius 1 is 1.48 bits per heavy atom. The highest BCUT2D eigenvalue weighted by atomic mass is 35.5. The Kier molecular flexibility index (Phi) is 6.22. The van der Waals surface area contributed by atoms with Crippen LogP contribution in [-0.4, -0.2) is 54.9 Å². The van der Waals surface area contributed by atoms with E-state index in [4.69, 9.17) is 11.6 Å². The third-order valence-electron chi connectivity index (χ3n) is 4.29. The lowest BCUT2D eigenvalue weighted by Crippen LogP contribution is -2.39. The Hall–Kier alpha value is -0.900. The van der Waals surface area contributed by atoms with Crippen molar-refractivity contribution in [1.82, 2.24) is 9.80 Å². The van der Waals surface area contributed by atoms with Crippen LogP contribution in [0.3, 0.4) is 0 Å². The monoisotopic (exact) mass is 308 g/mol. The maximum Gasteiger partial charge on any atom is 0.164 e. The number of benzene rings is 1.